The number of carbonyl (C=O) groups excluding carboxylic acids is 2. The molecular formula is C17H20N4O2S2. The Kier molecular flexibility index (Phi) is 5.39. The smallest absolute Gasteiger partial charge is 0.231 e. The summed E-state index contributed by atoms with van der Waals surface area (Å²) in [6.07, 6.45) is 0.217. The highest BCUT2D eigenvalue weighted by Gasteiger charge is 2.36. The molecule has 0 radical (unpaired) electrons. The van der Waals surface area contributed by atoms with Crippen molar-refractivity contribution < 1.29 is 9.59 Å². The summed E-state index contributed by atoms with van der Waals surface area (Å²) in [5.41, 5.74) is 3.09. The van der Waals surface area contributed by atoms with Crippen LogP contribution in [0.15, 0.2) is 22.5 Å². The lowest BCUT2D eigenvalue weighted by Crippen LogP contribution is -2.28. The van der Waals surface area contributed by atoms with E-state index in [1.54, 1.807) is 16.7 Å². The van der Waals surface area contributed by atoms with Crippen molar-refractivity contribution in [1.82, 2.24) is 10.2 Å². The molecule has 132 valence electrons. The summed E-state index contributed by atoms with van der Waals surface area (Å²) in [5.74, 6) is 0.335. The van der Waals surface area contributed by atoms with Crippen LogP contribution in [0.1, 0.15) is 24.5 Å². The van der Waals surface area contributed by atoms with Gasteiger partial charge in [0.25, 0.3) is 0 Å². The Hall–Kier alpha value is -1.93. The number of nitrogens with zero attached hydrogens (tertiary/aromatic N) is 3. The van der Waals surface area contributed by atoms with Gasteiger partial charge in [0, 0.05) is 18.7 Å². The highest BCUT2D eigenvalue weighted by molar-refractivity contribution is 8.01. The molecule has 1 aromatic carbocycles. The molecule has 0 unspecified atom stereocenters. The van der Waals surface area contributed by atoms with Crippen LogP contribution in [0, 0.1) is 19.8 Å². The van der Waals surface area contributed by atoms with Crippen LogP contribution >= 0.6 is 23.1 Å². The fourth-order valence-electron chi connectivity index (χ4n) is 2.79. The van der Waals surface area contributed by atoms with Gasteiger partial charge in [0.1, 0.15) is 0 Å². The number of anilines is 2. The minimum absolute atomic E-state index is 0.0201. The van der Waals surface area contributed by atoms with Gasteiger partial charge < -0.3 is 10.2 Å². The van der Waals surface area contributed by atoms with Crippen molar-refractivity contribution in [3.8, 4) is 0 Å². The van der Waals surface area contributed by atoms with Gasteiger partial charge in [-0.2, -0.15) is 0 Å². The quantitative estimate of drug-likeness (QED) is 0.640. The molecule has 2 heterocycles. The van der Waals surface area contributed by atoms with Crippen LogP contribution < -0.4 is 10.2 Å². The summed E-state index contributed by atoms with van der Waals surface area (Å²) in [5, 5.41) is 11.3. The third-order valence-electron chi connectivity index (χ3n) is 4.27. The molecule has 2 aromatic rings. The predicted octanol–water partition coefficient (Wildman–Crippen LogP) is 3.26. The molecule has 1 saturated heterocycles. The SMILES string of the molecule is CCSc1nnc(NC(=O)[C@H]2CC(=O)N(c3cccc(C)c3C)C2)s1. The van der Waals surface area contributed by atoms with Gasteiger partial charge in [-0.1, -0.05) is 42.2 Å². The van der Waals surface area contributed by atoms with Crippen molar-refractivity contribution in [3.63, 3.8) is 0 Å². The van der Waals surface area contributed by atoms with E-state index in [-0.39, 0.29) is 24.2 Å². The van der Waals surface area contributed by atoms with Crippen molar-refractivity contribution in [2.45, 2.75) is 31.5 Å². The van der Waals surface area contributed by atoms with Gasteiger partial charge in [0.15, 0.2) is 4.34 Å². The van der Waals surface area contributed by atoms with E-state index in [9.17, 15) is 9.59 Å². The second kappa shape index (κ2) is 7.53. The predicted molar refractivity (Wildman–Crippen MR) is 101 cm³/mol. The molecule has 2 amide bonds. The molecule has 0 bridgehead atoms. The van der Waals surface area contributed by atoms with Crippen LogP contribution in [-0.2, 0) is 9.59 Å². The van der Waals surface area contributed by atoms with Crippen molar-refractivity contribution >= 4 is 45.7 Å². The minimum atomic E-state index is -0.376. The lowest BCUT2D eigenvalue weighted by Gasteiger charge is -2.20. The molecule has 0 spiro atoms. The number of carbonyl (C=O) groups is 2. The standard InChI is InChI=1S/C17H20N4O2S2/c1-4-24-17-20-19-16(25-17)18-15(23)12-8-14(22)21(9-12)13-7-5-6-10(2)11(13)3/h5-7,12H,4,8-9H2,1-3H3,(H,18,19,23)/t12-/m0/s1. The highest BCUT2D eigenvalue weighted by atomic mass is 32.2. The number of aryl methyl sites for hydroxylation is 1. The number of benzene rings is 1. The monoisotopic (exact) mass is 376 g/mol. The average molecular weight is 377 g/mol. The van der Waals surface area contributed by atoms with E-state index in [0.29, 0.717) is 11.7 Å². The van der Waals surface area contributed by atoms with Crippen LogP contribution in [0.4, 0.5) is 10.8 Å². The third-order valence-corrected chi connectivity index (χ3v) is 6.12. The second-order valence-electron chi connectivity index (χ2n) is 5.92. The average Bonchev–Trinajstić information content (AvgIpc) is 3.17. The van der Waals surface area contributed by atoms with Gasteiger partial charge in [-0.05, 0) is 36.8 Å². The van der Waals surface area contributed by atoms with E-state index in [0.717, 1.165) is 26.9 Å². The Bertz CT molecular complexity index is 806. The van der Waals surface area contributed by atoms with Gasteiger partial charge in [-0.3, -0.25) is 9.59 Å². The van der Waals surface area contributed by atoms with Crippen LogP contribution in [0.3, 0.4) is 0 Å². The number of amides is 2. The molecule has 3 rings (SSSR count). The van der Waals surface area contributed by atoms with Crippen LogP contribution in [-0.4, -0.2) is 34.3 Å². The molecule has 1 N–H and O–H groups in total. The minimum Gasteiger partial charge on any atom is -0.311 e. The Balaban J connectivity index is 1.69. The van der Waals surface area contributed by atoms with Crippen LogP contribution in [0.25, 0.3) is 0 Å². The Morgan fingerprint density at radius 2 is 2.20 bits per heavy atom. The number of aromatic nitrogens is 2. The van der Waals surface area contributed by atoms with E-state index in [2.05, 4.69) is 15.5 Å². The zero-order chi connectivity index (χ0) is 18.0. The molecule has 8 heteroatoms. The first-order valence-corrected chi connectivity index (χ1v) is 9.93. The molecule has 1 aromatic heterocycles. The second-order valence-corrected chi connectivity index (χ2v) is 8.41. The molecule has 1 aliphatic heterocycles. The molecule has 1 fully saturated rings. The molecular weight excluding hydrogens is 356 g/mol. The lowest BCUT2D eigenvalue weighted by atomic mass is 10.1. The number of rotatable bonds is 5. The molecule has 25 heavy (non-hydrogen) atoms. The molecule has 0 saturated carbocycles. The topological polar surface area (TPSA) is 75.2 Å². The summed E-state index contributed by atoms with van der Waals surface area (Å²) in [4.78, 5) is 26.6. The zero-order valence-electron chi connectivity index (χ0n) is 14.4. The lowest BCUT2D eigenvalue weighted by molar-refractivity contribution is -0.122. The van der Waals surface area contributed by atoms with Gasteiger partial charge in [0.05, 0.1) is 5.92 Å². The maximum atomic E-state index is 12.5. The summed E-state index contributed by atoms with van der Waals surface area (Å²) >= 11 is 2.94. The Morgan fingerprint density at radius 1 is 1.40 bits per heavy atom. The van der Waals surface area contributed by atoms with E-state index in [1.165, 1.54) is 11.3 Å². The first kappa shape index (κ1) is 17.9. The number of nitrogens with one attached hydrogen (secondary N) is 1. The Morgan fingerprint density at radius 3 is 2.96 bits per heavy atom. The largest absolute Gasteiger partial charge is 0.311 e. The summed E-state index contributed by atoms with van der Waals surface area (Å²) in [7, 11) is 0. The first-order valence-electron chi connectivity index (χ1n) is 8.13. The van der Waals surface area contributed by atoms with E-state index in [1.807, 2.05) is 39.0 Å². The number of hydrogen-bond acceptors (Lipinski definition) is 6. The van der Waals surface area contributed by atoms with E-state index >= 15 is 0 Å². The van der Waals surface area contributed by atoms with Crippen LogP contribution in [0.2, 0.25) is 0 Å². The molecule has 1 atom stereocenters. The number of hydrogen-bond donors (Lipinski definition) is 1. The fourth-order valence-corrected chi connectivity index (χ4v) is 4.45. The van der Waals surface area contributed by atoms with Gasteiger partial charge >= 0.3 is 0 Å². The first-order chi connectivity index (χ1) is 12.0. The number of thioether (sulfide) groups is 1. The summed E-state index contributed by atoms with van der Waals surface area (Å²) in [6, 6.07) is 5.89. The summed E-state index contributed by atoms with van der Waals surface area (Å²) in [6.45, 7) is 6.45. The molecule has 6 nitrogen and oxygen atoms in total. The normalized spacial score (nSPS) is 17.2. The Labute approximate surface area is 155 Å². The fraction of sp³-hybridized carbons (Fsp3) is 0.412. The molecule has 1 aliphatic rings. The highest BCUT2D eigenvalue weighted by Crippen LogP contribution is 2.30. The van der Waals surface area contributed by atoms with E-state index < -0.39 is 0 Å². The zero-order valence-corrected chi connectivity index (χ0v) is 16.0. The van der Waals surface area contributed by atoms with E-state index in [4.69, 9.17) is 0 Å². The van der Waals surface area contributed by atoms with Gasteiger partial charge in [-0.25, -0.2) is 0 Å². The molecule has 0 aliphatic carbocycles. The van der Waals surface area contributed by atoms with Gasteiger partial charge in [-0.15, -0.1) is 10.2 Å². The van der Waals surface area contributed by atoms with Crippen molar-refractivity contribution in [3.05, 3.63) is 29.3 Å². The van der Waals surface area contributed by atoms with Crippen LogP contribution in [0.5, 0.6) is 0 Å². The van der Waals surface area contributed by atoms with Gasteiger partial charge in [0.2, 0.25) is 16.9 Å². The maximum Gasteiger partial charge on any atom is 0.231 e. The van der Waals surface area contributed by atoms with Crippen molar-refractivity contribution in [1.29, 1.82) is 0 Å². The van der Waals surface area contributed by atoms with Crippen molar-refractivity contribution in [2.75, 3.05) is 22.5 Å². The summed E-state index contributed by atoms with van der Waals surface area (Å²) < 4.78 is 0.831. The van der Waals surface area contributed by atoms with Crippen molar-refractivity contribution in [2.24, 2.45) is 5.92 Å². The third kappa shape index (κ3) is 3.85. The maximum absolute atomic E-state index is 12.5.